The Morgan fingerprint density at radius 1 is 0.780 bits per heavy atom. The normalized spacial score (nSPS) is 15.9. The van der Waals surface area contributed by atoms with Crippen LogP contribution in [0, 0.1) is 33.6 Å². The average molecular weight is 705 g/mol. The van der Waals surface area contributed by atoms with Gasteiger partial charge in [-0.25, -0.2) is 18.4 Å². The molecule has 2 aliphatic heterocycles. The van der Waals surface area contributed by atoms with Gasteiger partial charge in [0, 0.05) is 59.4 Å². The monoisotopic (exact) mass is 704 g/mol. The fourth-order valence-electron chi connectivity index (χ4n) is 6.11. The molecular weight excluding hydrogens is 650 g/mol. The van der Waals surface area contributed by atoms with E-state index in [1.54, 1.807) is 40.9 Å². The van der Waals surface area contributed by atoms with Gasteiger partial charge in [-0.2, -0.15) is 0 Å². The smallest absolute Gasteiger partial charge is 0.410 e. The second-order valence-corrected chi connectivity index (χ2v) is 15.1. The summed E-state index contributed by atoms with van der Waals surface area (Å²) in [7, 11) is 3.46. The van der Waals surface area contributed by atoms with Crippen LogP contribution in [0.2, 0.25) is 0 Å². The highest BCUT2D eigenvalue weighted by Gasteiger charge is 2.30. The van der Waals surface area contributed by atoms with Gasteiger partial charge in [0.1, 0.15) is 17.0 Å². The van der Waals surface area contributed by atoms with E-state index >= 15 is 0 Å². The van der Waals surface area contributed by atoms with Gasteiger partial charge in [-0.05, 0) is 97.3 Å². The van der Waals surface area contributed by atoms with Crippen molar-refractivity contribution in [3.63, 3.8) is 0 Å². The van der Waals surface area contributed by atoms with Gasteiger partial charge >= 0.3 is 12.2 Å². The highest BCUT2D eigenvalue weighted by Crippen LogP contribution is 2.34. The first-order chi connectivity index (χ1) is 23.3. The molecule has 2 saturated heterocycles. The Labute approximate surface area is 294 Å². The molecule has 12 nitrogen and oxygen atoms in total. The SMILES string of the molecule is CN(CC1CCN(c2c(F)cccc2[N+](=O)[O-])CC1)C(=O)OC(C)(C)C.CN(CC1CCN(c2c(N)cccc2F)CC1)C(=O)OC(C)(C)C. The van der Waals surface area contributed by atoms with Gasteiger partial charge in [0.05, 0.1) is 16.3 Å². The van der Waals surface area contributed by atoms with Crippen LogP contribution in [-0.4, -0.2) is 91.5 Å². The van der Waals surface area contributed by atoms with Crippen molar-refractivity contribution in [1.29, 1.82) is 0 Å². The predicted octanol–water partition coefficient (Wildman–Crippen LogP) is 7.31. The molecular formula is C36H54F2N6O6. The molecule has 50 heavy (non-hydrogen) atoms. The maximum absolute atomic E-state index is 14.2. The van der Waals surface area contributed by atoms with Crippen LogP contribution in [0.4, 0.5) is 41.1 Å². The first-order valence-electron chi connectivity index (χ1n) is 17.1. The second kappa shape index (κ2) is 17.0. The molecule has 0 bridgehead atoms. The summed E-state index contributed by atoms with van der Waals surface area (Å²) in [5.74, 6) is -0.232. The van der Waals surface area contributed by atoms with Crippen LogP contribution in [-0.2, 0) is 9.47 Å². The summed E-state index contributed by atoms with van der Waals surface area (Å²) in [6.07, 6.45) is 2.55. The van der Waals surface area contributed by atoms with Gasteiger partial charge in [0.2, 0.25) is 0 Å². The summed E-state index contributed by atoms with van der Waals surface area (Å²) in [6, 6.07) is 8.69. The van der Waals surface area contributed by atoms with Crippen molar-refractivity contribution in [3.05, 3.63) is 58.1 Å². The molecule has 2 aromatic rings. The highest BCUT2D eigenvalue weighted by atomic mass is 19.1. The van der Waals surface area contributed by atoms with E-state index in [0.29, 0.717) is 43.5 Å². The molecule has 2 aliphatic rings. The van der Waals surface area contributed by atoms with Crippen molar-refractivity contribution in [1.82, 2.24) is 9.80 Å². The van der Waals surface area contributed by atoms with E-state index in [0.717, 1.165) is 38.8 Å². The molecule has 2 amide bonds. The lowest BCUT2D eigenvalue weighted by atomic mass is 9.95. The molecule has 0 atom stereocenters. The van der Waals surface area contributed by atoms with Gasteiger partial charge in [0.25, 0.3) is 5.69 Å². The van der Waals surface area contributed by atoms with Crippen LogP contribution in [0.25, 0.3) is 0 Å². The molecule has 0 radical (unpaired) electrons. The number of hydrogen-bond acceptors (Lipinski definition) is 9. The lowest BCUT2D eigenvalue weighted by Crippen LogP contribution is -2.41. The number of para-hydroxylation sites is 2. The molecule has 0 unspecified atom stereocenters. The number of nitrogen functional groups attached to an aromatic ring is 1. The van der Waals surface area contributed by atoms with E-state index in [2.05, 4.69) is 0 Å². The number of ether oxygens (including phenoxy) is 2. The Bertz CT molecular complexity index is 1440. The molecule has 0 aromatic heterocycles. The number of benzene rings is 2. The molecule has 4 rings (SSSR count). The van der Waals surface area contributed by atoms with E-state index in [1.165, 1.54) is 24.3 Å². The summed E-state index contributed by atoms with van der Waals surface area (Å²) in [5, 5.41) is 11.2. The lowest BCUT2D eigenvalue weighted by Gasteiger charge is -2.36. The summed E-state index contributed by atoms with van der Waals surface area (Å²) in [5.41, 5.74) is 5.69. The van der Waals surface area contributed by atoms with Crippen LogP contribution in [0.1, 0.15) is 67.2 Å². The molecule has 0 aliphatic carbocycles. The maximum Gasteiger partial charge on any atom is 0.410 e. The van der Waals surface area contributed by atoms with E-state index in [-0.39, 0.29) is 35.3 Å². The number of rotatable bonds is 7. The zero-order chi connectivity index (χ0) is 37.4. The molecule has 14 heteroatoms. The fourth-order valence-corrected chi connectivity index (χ4v) is 6.11. The molecule has 2 N–H and O–H groups in total. The van der Waals surface area contributed by atoms with Crippen molar-refractivity contribution in [3.8, 4) is 0 Å². The Morgan fingerprint density at radius 3 is 1.54 bits per heavy atom. The first kappa shape index (κ1) is 40.1. The second-order valence-electron chi connectivity index (χ2n) is 15.1. The number of nitrogens with two attached hydrogens (primary N) is 1. The van der Waals surface area contributed by atoms with Crippen molar-refractivity contribution in [2.75, 3.05) is 68.9 Å². The van der Waals surface area contributed by atoms with Crippen molar-refractivity contribution in [2.24, 2.45) is 11.8 Å². The number of carbonyl (C=O) groups excluding carboxylic acids is 2. The minimum absolute atomic E-state index is 0.0523. The van der Waals surface area contributed by atoms with Crippen molar-refractivity contribution < 1.29 is 32.8 Å². The van der Waals surface area contributed by atoms with E-state index in [9.17, 15) is 28.5 Å². The number of anilines is 3. The standard InChI is InChI=1S/C18H26FN3O4.C18H28FN3O2/c1-18(2,3)26-17(23)20(4)12-13-8-10-21(11-9-13)16-14(19)6-5-7-15(16)22(24)25;1-18(2,3)24-17(23)21(4)12-13-8-10-22(11-9-13)16-14(19)6-5-7-15(16)20/h5-7,13H,8-12H2,1-4H3;5-7,13H,8-12,20H2,1-4H3. The first-order valence-corrected chi connectivity index (χ1v) is 17.1. The third-order valence-corrected chi connectivity index (χ3v) is 8.52. The zero-order valence-corrected chi connectivity index (χ0v) is 30.7. The number of piperidine rings is 2. The van der Waals surface area contributed by atoms with Gasteiger partial charge < -0.3 is 34.8 Å². The largest absolute Gasteiger partial charge is 0.444 e. The average Bonchev–Trinajstić information content (AvgIpc) is 3.01. The Balaban J connectivity index is 0.000000271. The zero-order valence-electron chi connectivity index (χ0n) is 30.7. The number of nitrogens with zero attached hydrogens (tertiary/aromatic N) is 5. The lowest BCUT2D eigenvalue weighted by molar-refractivity contribution is -0.384. The molecule has 0 saturated carbocycles. The Morgan fingerprint density at radius 2 is 1.16 bits per heavy atom. The minimum atomic E-state index is -0.580. The predicted molar refractivity (Wildman–Crippen MR) is 191 cm³/mol. The number of carbonyl (C=O) groups is 2. The number of nitro groups is 1. The van der Waals surface area contributed by atoms with Crippen LogP contribution in [0.3, 0.4) is 0 Å². The van der Waals surface area contributed by atoms with E-state index in [1.807, 2.05) is 46.4 Å². The highest BCUT2D eigenvalue weighted by molar-refractivity contribution is 5.69. The Hall–Kier alpha value is -4.36. The number of hydrogen-bond donors (Lipinski definition) is 1. The van der Waals surface area contributed by atoms with Gasteiger partial charge in [-0.15, -0.1) is 0 Å². The quantitative estimate of drug-likeness (QED) is 0.179. The van der Waals surface area contributed by atoms with Crippen LogP contribution < -0.4 is 15.5 Å². The van der Waals surface area contributed by atoms with Gasteiger partial charge in [-0.3, -0.25) is 10.1 Å². The van der Waals surface area contributed by atoms with Gasteiger partial charge in [0.15, 0.2) is 11.5 Å². The van der Waals surface area contributed by atoms with Gasteiger partial charge in [-0.1, -0.05) is 12.1 Å². The molecule has 2 fully saturated rings. The van der Waals surface area contributed by atoms with E-state index in [4.69, 9.17) is 15.2 Å². The minimum Gasteiger partial charge on any atom is -0.444 e. The summed E-state index contributed by atoms with van der Waals surface area (Å²) in [4.78, 5) is 41.6. The Kier molecular flexibility index (Phi) is 13.7. The van der Waals surface area contributed by atoms with E-state index < -0.39 is 21.9 Å². The third kappa shape index (κ3) is 11.9. The maximum atomic E-state index is 14.2. The molecule has 2 heterocycles. The van der Waals surface area contributed by atoms with Crippen molar-refractivity contribution >= 4 is 34.9 Å². The summed E-state index contributed by atoms with van der Waals surface area (Å²) < 4.78 is 38.9. The topological polar surface area (TPSA) is 135 Å². The number of halogens is 2. The summed E-state index contributed by atoms with van der Waals surface area (Å²) >= 11 is 0. The third-order valence-electron chi connectivity index (χ3n) is 8.52. The molecule has 0 spiro atoms. The van der Waals surface area contributed by atoms with Crippen LogP contribution in [0.5, 0.6) is 0 Å². The number of amides is 2. The van der Waals surface area contributed by atoms with Crippen molar-refractivity contribution in [2.45, 2.75) is 78.4 Å². The van der Waals surface area contributed by atoms with Crippen LogP contribution >= 0.6 is 0 Å². The summed E-state index contributed by atoms with van der Waals surface area (Å²) in [6.45, 7) is 14.7. The molecule has 278 valence electrons. The van der Waals surface area contributed by atoms with Crippen LogP contribution in [0.15, 0.2) is 36.4 Å². The molecule has 2 aromatic carbocycles. The number of nitro benzene ring substituents is 1. The fraction of sp³-hybridized carbons (Fsp3) is 0.611.